The van der Waals surface area contributed by atoms with Crippen LogP contribution in [0.2, 0.25) is 0 Å². The van der Waals surface area contributed by atoms with Gasteiger partial charge in [0.2, 0.25) is 0 Å². The number of nitro groups is 1. The maximum Gasteiger partial charge on any atom is 0.272 e. The number of benzene rings is 1. The molecule has 0 fully saturated rings. The minimum absolute atomic E-state index is 0.153. The molecule has 0 saturated heterocycles. The Bertz CT molecular complexity index is 369. The van der Waals surface area contributed by atoms with Crippen molar-refractivity contribution < 1.29 is 4.92 Å². The molecule has 0 aliphatic carbocycles. The van der Waals surface area contributed by atoms with Crippen molar-refractivity contribution in [3.8, 4) is 0 Å². The monoisotopic (exact) mass is 177 g/mol. The molecule has 0 saturated carbocycles. The maximum absolute atomic E-state index is 10.6. The van der Waals surface area contributed by atoms with E-state index in [0.717, 1.165) is 11.1 Å². The molecule has 0 radical (unpaired) electrons. The van der Waals surface area contributed by atoms with Gasteiger partial charge >= 0.3 is 0 Å². The van der Waals surface area contributed by atoms with Crippen LogP contribution < -0.4 is 0 Å². The molecule has 0 unspecified atom stereocenters. The van der Waals surface area contributed by atoms with Crippen molar-refractivity contribution in [1.82, 2.24) is 0 Å². The van der Waals surface area contributed by atoms with Gasteiger partial charge in [-0.3, -0.25) is 10.1 Å². The number of hydrogen-bond acceptors (Lipinski definition) is 2. The Labute approximate surface area is 76.9 Å². The van der Waals surface area contributed by atoms with Crippen molar-refractivity contribution >= 4 is 11.3 Å². The van der Waals surface area contributed by atoms with Gasteiger partial charge in [-0.2, -0.15) is 0 Å². The average Bonchev–Trinajstić information content (AvgIpc) is 2.04. The lowest BCUT2D eigenvalue weighted by Crippen LogP contribution is -1.92. The summed E-state index contributed by atoms with van der Waals surface area (Å²) in [5.74, 6) is 0. The summed E-state index contributed by atoms with van der Waals surface area (Å²) in [5, 5.41) is 10.6. The molecule has 3 nitrogen and oxygen atoms in total. The first kappa shape index (κ1) is 9.45. The molecule has 13 heavy (non-hydrogen) atoms. The van der Waals surface area contributed by atoms with Crippen molar-refractivity contribution in [1.29, 1.82) is 0 Å². The Morgan fingerprint density at radius 1 is 1.54 bits per heavy atom. The normalized spacial score (nSPS) is 9.69. The van der Waals surface area contributed by atoms with Crippen LogP contribution in [0.3, 0.4) is 0 Å². The third-order valence-electron chi connectivity index (χ3n) is 1.90. The van der Waals surface area contributed by atoms with Crippen LogP contribution in [0.4, 0.5) is 5.69 Å². The Hall–Kier alpha value is -1.64. The maximum atomic E-state index is 10.6. The first-order chi connectivity index (χ1) is 6.02. The Morgan fingerprint density at radius 2 is 2.15 bits per heavy atom. The van der Waals surface area contributed by atoms with E-state index >= 15 is 0 Å². The van der Waals surface area contributed by atoms with Gasteiger partial charge in [0, 0.05) is 11.6 Å². The van der Waals surface area contributed by atoms with Crippen molar-refractivity contribution in [3.63, 3.8) is 0 Å². The molecule has 68 valence electrons. The van der Waals surface area contributed by atoms with E-state index in [1.165, 1.54) is 0 Å². The first-order valence-electron chi connectivity index (χ1n) is 3.93. The molecule has 1 aromatic carbocycles. The zero-order chi connectivity index (χ0) is 10.0. The summed E-state index contributed by atoms with van der Waals surface area (Å²) in [6.45, 7) is 7.28. The van der Waals surface area contributed by atoms with Crippen molar-refractivity contribution in [2.24, 2.45) is 0 Å². The second-order valence-corrected chi connectivity index (χ2v) is 3.04. The molecule has 0 spiro atoms. The fourth-order valence-corrected chi connectivity index (χ4v) is 1.07. The van der Waals surface area contributed by atoms with Crippen LogP contribution in [0.1, 0.15) is 18.1 Å². The molecule has 0 amide bonds. The lowest BCUT2D eigenvalue weighted by Gasteiger charge is -2.01. The Morgan fingerprint density at radius 3 is 2.62 bits per heavy atom. The molecule has 0 aliphatic heterocycles. The van der Waals surface area contributed by atoms with Gasteiger partial charge in [0.1, 0.15) is 0 Å². The van der Waals surface area contributed by atoms with Crippen LogP contribution in [0.25, 0.3) is 5.57 Å². The summed E-state index contributed by atoms with van der Waals surface area (Å²) in [4.78, 5) is 10.2. The summed E-state index contributed by atoms with van der Waals surface area (Å²) in [6.07, 6.45) is 0. The minimum atomic E-state index is -0.373. The molecular formula is C10H11NO2. The van der Waals surface area contributed by atoms with Gasteiger partial charge in [-0.25, -0.2) is 0 Å². The van der Waals surface area contributed by atoms with Crippen LogP contribution in [0.5, 0.6) is 0 Å². The topological polar surface area (TPSA) is 43.1 Å². The SMILES string of the molecule is C=C(C)c1ccc(C)c([N+](=O)[O-])c1. The highest BCUT2D eigenvalue weighted by Gasteiger charge is 2.10. The zero-order valence-corrected chi connectivity index (χ0v) is 7.70. The number of nitro benzene ring substituents is 1. The van der Waals surface area contributed by atoms with Gasteiger partial charge in [0.25, 0.3) is 5.69 Å². The van der Waals surface area contributed by atoms with Crippen LogP contribution >= 0.6 is 0 Å². The summed E-state index contributed by atoms with van der Waals surface area (Å²) in [5.41, 5.74) is 2.48. The highest BCUT2D eigenvalue weighted by molar-refractivity contribution is 5.64. The molecule has 3 heteroatoms. The fourth-order valence-electron chi connectivity index (χ4n) is 1.07. The van der Waals surface area contributed by atoms with Crippen molar-refractivity contribution in [3.05, 3.63) is 46.0 Å². The number of hydrogen-bond donors (Lipinski definition) is 0. The number of nitrogens with zero attached hydrogens (tertiary/aromatic N) is 1. The Balaban J connectivity index is 3.27. The van der Waals surface area contributed by atoms with Crippen molar-refractivity contribution in [2.75, 3.05) is 0 Å². The van der Waals surface area contributed by atoms with Gasteiger partial charge in [0.15, 0.2) is 0 Å². The molecule has 0 aromatic heterocycles. The second-order valence-electron chi connectivity index (χ2n) is 3.04. The molecule has 1 rings (SSSR count). The van der Waals surface area contributed by atoms with Crippen molar-refractivity contribution in [2.45, 2.75) is 13.8 Å². The van der Waals surface area contributed by atoms with E-state index in [2.05, 4.69) is 6.58 Å². The lowest BCUT2D eigenvalue weighted by molar-refractivity contribution is -0.385. The van der Waals surface area contributed by atoms with Gasteiger partial charge in [0.05, 0.1) is 4.92 Å². The van der Waals surface area contributed by atoms with Crippen LogP contribution in [-0.4, -0.2) is 4.92 Å². The van der Waals surface area contributed by atoms with E-state index in [4.69, 9.17) is 0 Å². The number of allylic oxidation sites excluding steroid dienone is 1. The van der Waals surface area contributed by atoms with Gasteiger partial charge < -0.3 is 0 Å². The van der Waals surface area contributed by atoms with Gasteiger partial charge in [-0.1, -0.05) is 24.3 Å². The highest BCUT2D eigenvalue weighted by atomic mass is 16.6. The summed E-state index contributed by atoms with van der Waals surface area (Å²) < 4.78 is 0. The molecule has 0 N–H and O–H groups in total. The first-order valence-corrected chi connectivity index (χ1v) is 3.93. The van der Waals surface area contributed by atoms with Crippen LogP contribution in [0.15, 0.2) is 24.8 Å². The van der Waals surface area contributed by atoms with Crippen LogP contribution in [-0.2, 0) is 0 Å². The molecular weight excluding hydrogens is 166 g/mol. The van der Waals surface area contributed by atoms with E-state index in [1.807, 2.05) is 13.0 Å². The minimum Gasteiger partial charge on any atom is -0.258 e. The Kier molecular flexibility index (Phi) is 2.46. The zero-order valence-electron chi connectivity index (χ0n) is 7.70. The largest absolute Gasteiger partial charge is 0.272 e. The molecule has 0 bridgehead atoms. The molecule has 0 aliphatic rings. The van der Waals surface area contributed by atoms with E-state index in [9.17, 15) is 10.1 Å². The predicted molar refractivity (Wildman–Crippen MR) is 52.5 cm³/mol. The summed E-state index contributed by atoms with van der Waals surface area (Å²) >= 11 is 0. The van der Waals surface area contributed by atoms with Gasteiger partial charge in [-0.15, -0.1) is 0 Å². The second kappa shape index (κ2) is 3.39. The fraction of sp³-hybridized carbons (Fsp3) is 0.200. The van der Waals surface area contributed by atoms with E-state index in [1.54, 1.807) is 19.1 Å². The van der Waals surface area contributed by atoms with E-state index in [0.29, 0.717) is 5.56 Å². The average molecular weight is 177 g/mol. The molecule has 0 heterocycles. The van der Waals surface area contributed by atoms with Crippen LogP contribution in [0, 0.1) is 17.0 Å². The third-order valence-corrected chi connectivity index (χ3v) is 1.90. The number of aryl methyl sites for hydroxylation is 1. The van der Waals surface area contributed by atoms with Gasteiger partial charge in [-0.05, 0) is 19.4 Å². The highest BCUT2D eigenvalue weighted by Crippen LogP contribution is 2.22. The summed E-state index contributed by atoms with van der Waals surface area (Å²) in [6, 6.07) is 5.13. The lowest BCUT2D eigenvalue weighted by atomic mass is 10.1. The van der Waals surface area contributed by atoms with E-state index < -0.39 is 0 Å². The number of rotatable bonds is 2. The standard InChI is InChI=1S/C10H11NO2/c1-7(2)9-5-4-8(3)10(6-9)11(12)13/h4-6H,1H2,2-3H3. The summed E-state index contributed by atoms with van der Waals surface area (Å²) in [7, 11) is 0. The quantitative estimate of drug-likeness (QED) is 0.515. The predicted octanol–water partition coefficient (Wildman–Crippen LogP) is 2.94. The molecule has 1 aromatic rings. The smallest absolute Gasteiger partial charge is 0.258 e. The van der Waals surface area contributed by atoms with E-state index in [-0.39, 0.29) is 10.6 Å². The molecule has 0 atom stereocenters. The third kappa shape index (κ3) is 1.93.